The lowest BCUT2D eigenvalue weighted by Crippen LogP contribution is -2.31. The highest BCUT2D eigenvalue weighted by Crippen LogP contribution is 2.30. The zero-order valence-corrected chi connectivity index (χ0v) is 11.8. The van der Waals surface area contributed by atoms with Gasteiger partial charge in [0.1, 0.15) is 5.75 Å². The van der Waals surface area contributed by atoms with Crippen LogP contribution in [0.2, 0.25) is 0 Å². The van der Waals surface area contributed by atoms with Gasteiger partial charge in [0, 0.05) is 13.6 Å². The predicted molar refractivity (Wildman–Crippen MR) is 74.0 cm³/mol. The zero-order valence-electron chi connectivity index (χ0n) is 11.8. The molecule has 0 saturated heterocycles. The molecule has 0 aromatic heterocycles. The molecule has 0 aliphatic carbocycles. The second kappa shape index (κ2) is 6.43. The molecule has 0 aliphatic heterocycles. The summed E-state index contributed by atoms with van der Waals surface area (Å²) >= 11 is 0. The summed E-state index contributed by atoms with van der Waals surface area (Å²) in [6, 6.07) is 3.91. The molecule has 19 heavy (non-hydrogen) atoms. The Bertz CT molecular complexity index is 459. The number of benzene rings is 1. The Hall–Kier alpha value is -1.75. The molecule has 1 aromatic carbocycles. The lowest BCUT2D eigenvalue weighted by Gasteiger charge is -2.25. The second-order valence-electron chi connectivity index (χ2n) is 4.74. The molecule has 106 valence electrons. The number of carboxylic acid groups (broad SMARTS) is 1. The van der Waals surface area contributed by atoms with E-state index in [4.69, 9.17) is 9.84 Å². The molecule has 0 amide bonds. The molecule has 0 aliphatic rings. The Morgan fingerprint density at radius 1 is 1.37 bits per heavy atom. The number of carboxylic acids is 1. The van der Waals surface area contributed by atoms with Gasteiger partial charge in [0.2, 0.25) is 0 Å². The Morgan fingerprint density at radius 3 is 2.47 bits per heavy atom. The fourth-order valence-electron chi connectivity index (χ4n) is 1.92. The van der Waals surface area contributed by atoms with Gasteiger partial charge in [-0.2, -0.15) is 0 Å². The van der Waals surface area contributed by atoms with Crippen molar-refractivity contribution in [1.29, 1.82) is 0 Å². The fraction of sp³-hybridized carbons (Fsp3) is 0.500. The van der Waals surface area contributed by atoms with Crippen molar-refractivity contribution in [2.45, 2.75) is 26.4 Å². The average Bonchev–Trinajstić information content (AvgIpc) is 2.30. The number of anilines is 1. The van der Waals surface area contributed by atoms with Gasteiger partial charge in [-0.3, -0.25) is 4.79 Å². The molecule has 2 N–H and O–H groups in total. The van der Waals surface area contributed by atoms with Gasteiger partial charge in [-0.1, -0.05) is 0 Å². The second-order valence-corrected chi connectivity index (χ2v) is 4.74. The van der Waals surface area contributed by atoms with Crippen LogP contribution in [0.1, 0.15) is 17.5 Å². The highest BCUT2D eigenvalue weighted by Gasteiger charge is 2.16. The molecule has 0 saturated carbocycles. The molecule has 1 rings (SSSR count). The number of ether oxygens (including phenoxy) is 1. The van der Waals surface area contributed by atoms with Crippen LogP contribution in [0.25, 0.3) is 0 Å². The number of aliphatic hydroxyl groups excluding tert-OH is 1. The lowest BCUT2D eigenvalue weighted by atomic mass is 10.1. The van der Waals surface area contributed by atoms with Crippen LogP contribution in [-0.2, 0) is 4.79 Å². The van der Waals surface area contributed by atoms with E-state index in [1.165, 1.54) is 0 Å². The first-order valence-corrected chi connectivity index (χ1v) is 6.11. The Kier molecular flexibility index (Phi) is 5.18. The third-order valence-corrected chi connectivity index (χ3v) is 3.10. The van der Waals surface area contributed by atoms with E-state index in [-0.39, 0.29) is 13.0 Å². The summed E-state index contributed by atoms with van der Waals surface area (Å²) in [7, 11) is 3.40. The van der Waals surface area contributed by atoms with Gasteiger partial charge >= 0.3 is 5.97 Å². The normalized spacial score (nSPS) is 12.1. The Balaban J connectivity index is 2.89. The largest absolute Gasteiger partial charge is 0.495 e. The average molecular weight is 267 g/mol. The van der Waals surface area contributed by atoms with Crippen LogP contribution in [0, 0.1) is 13.8 Å². The first-order chi connectivity index (χ1) is 8.85. The number of aliphatic hydroxyl groups is 1. The minimum atomic E-state index is -1.01. The van der Waals surface area contributed by atoms with E-state index >= 15 is 0 Å². The van der Waals surface area contributed by atoms with E-state index in [0.29, 0.717) is 5.75 Å². The minimum absolute atomic E-state index is 0.241. The smallest absolute Gasteiger partial charge is 0.306 e. The zero-order chi connectivity index (χ0) is 14.6. The number of rotatable bonds is 6. The van der Waals surface area contributed by atoms with Gasteiger partial charge in [0.15, 0.2) is 0 Å². The molecule has 1 atom stereocenters. The van der Waals surface area contributed by atoms with Gasteiger partial charge in [-0.05, 0) is 37.1 Å². The van der Waals surface area contributed by atoms with Crippen molar-refractivity contribution in [3.05, 3.63) is 23.3 Å². The van der Waals surface area contributed by atoms with Gasteiger partial charge in [0.25, 0.3) is 0 Å². The van der Waals surface area contributed by atoms with Crippen LogP contribution >= 0.6 is 0 Å². The van der Waals surface area contributed by atoms with E-state index in [1.54, 1.807) is 19.1 Å². The first-order valence-electron chi connectivity index (χ1n) is 6.11. The topological polar surface area (TPSA) is 70.0 Å². The molecule has 0 radical (unpaired) electrons. The Labute approximate surface area is 113 Å². The standard InChI is InChI=1S/C14H21NO4/c1-9-5-12(13(19-4)6-10(9)2)15(3)8-11(16)7-14(17)18/h5-6,11,16H,7-8H2,1-4H3,(H,17,18). The number of aliphatic carboxylic acids is 1. The van der Waals surface area contributed by atoms with E-state index < -0.39 is 12.1 Å². The van der Waals surface area contributed by atoms with Gasteiger partial charge in [-0.15, -0.1) is 0 Å². The van der Waals surface area contributed by atoms with Crippen molar-refractivity contribution < 1.29 is 19.7 Å². The van der Waals surface area contributed by atoms with E-state index in [0.717, 1.165) is 16.8 Å². The summed E-state index contributed by atoms with van der Waals surface area (Å²) in [5.41, 5.74) is 3.09. The first kappa shape index (κ1) is 15.3. The number of nitrogens with zero attached hydrogens (tertiary/aromatic N) is 1. The van der Waals surface area contributed by atoms with Gasteiger partial charge in [-0.25, -0.2) is 0 Å². The number of carbonyl (C=O) groups is 1. The quantitative estimate of drug-likeness (QED) is 0.819. The van der Waals surface area contributed by atoms with Crippen LogP contribution < -0.4 is 9.64 Å². The SMILES string of the molecule is COc1cc(C)c(C)cc1N(C)CC(O)CC(=O)O. The maximum Gasteiger partial charge on any atom is 0.306 e. The number of aryl methyl sites for hydroxylation is 2. The van der Waals surface area contributed by atoms with Crippen LogP contribution in [0.5, 0.6) is 5.75 Å². The number of methoxy groups -OCH3 is 1. The highest BCUT2D eigenvalue weighted by atomic mass is 16.5. The van der Waals surface area contributed by atoms with Crippen molar-refractivity contribution >= 4 is 11.7 Å². The van der Waals surface area contributed by atoms with Gasteiger partial charge < -0.3 is 19.8 Å². The molecule has 0 spiro atoms. The van der Waals surface area contributed by atoms with Crippen LogP contribution in [-0.4, -0.2) is 43.0 Å². The summed E-state index contributed by atoms with van der Waals surface area (Å²) in [6.07, 6.45) is -1.17. The maximum atomic E-state index is 10.5. The van der Waals surface area contributed by atoms with E-state index in [2.05, 4.69) is 0 Å². The maximum absolute atomic E-state index is 10.5. The molecule has 0 bridgehead atoms. The van der Waals surface area contributed by atoms with Crippen molar-refractivity contribution in [3.8, 4) is 5.75 Å². The van der Waals surface area contributed by atoms with Crippen molar-refractivity contribution in [3.63, 3.8) is 0 Å². The molecule has 5 heteroatoms. The summed E-state index contributed by atoms with van der Waals surface area (Å²) < 4.78 is 5.33. The molecule has 5 nitrogen and oxygen atoms in total. The molecule has 1 aromatic rings. The predicted octanol–water partition coefficient (Wildman–Crippen LogP) is 1.58. The summed E-state index contributed by atoms with van der Waals surface area (Å²) in [5.74, 6) is -0.291. The molecule has 1 unspecified atom stereocenters. The minimum Gasteiger partial charge on any atom is -0.495 e. The summed E-state index contributed by atoms with van der Waals surface area (Å²) in [6.45, 7) is 4.24. The molecule has 0 heterocycles. The summed E-state index contributed by atoms with van der Waals surface area (Å²) in [4.78, 5) is 12.4. The Morgan fingerprint density at radius 2 is 1.95 bits per heavy atom. The third-order valence-electron chi connectivity index (χ3n) is 3.10. The van der Waals surface area contributed by atoms with E-state index in [9.17, 15) is 9.90 Å². The number of likely N-dealkylation sites (N-methyl/N-ethyl adjacent to an activating group) is 1. The van der Waals surface area contributed by atoms with Crippen molar-refractivity contribution in [1.82, 2.24) is 0 Å². The van der Waals surface area contributed by atoms with Crippen LogP contribution in [0.3, 0.4) is 0 Å². The fourth-order valence-corrected chi connectivity index (χ4v) is 1.92. The monoisotopic (exact) mass is 267 g/mol. The number of hydrogen-bond donors (Lipinski definition) is 2. The van der Waals surface area contributed by atoms with Crippen LogP contribution in [0.15, 0.2) is 12.1 Å². The highest BCUT2D eigenvalue weighted by molar-refractivity contribution is 5.67. The van der Waals surface area contributed by atoms with Crippen molar-refractivity contribution in [2.24, 2.45) is 0 Å². The van der Waals surface area contributed by atoms with Gasteiger partial charge in [0.05, 0.1) is 25.3 Å². The third kappa shape index (κ3) is 4.13. The molecular formula is C14H21NO4. The number of hydrogen-bond acceptors (Lipinski definition) is 4. The summed E-state index contributed by atoms with van der Waals surface area (Å²) in [5, 5.41) is 18.3. The van der Waals surface area contributed by atoms with Crippen molar-refractivity contribution in [2.75, 3.05) is 25.6 Å². The molecular weight excluding hydrogens is 246 g/mol. The van der Waals surface area contributed by atoms with E-state index in [1.807, 2.05) is 26.0 Å². The molecule has 0 fully saturated rings. The van der Waals surface area contributed by atoms with Crippen LogP contribution in [0.4, 0.5) is 5.69 Å². The lowest BCUT2D eigenvalue weighted by molar-refractivity contribution is -0.139.